The molecular formula is C22H22N4O2. The second-order valence-corrected chi connectivity index (χ2v) is 7.23. The van der Waals surface area contributed by atoms with Gasteiger partial charge >= 0.3 is 5.97 Å². The Bertz CT molecular complexity index is 944. The normalized spacial score (nSPS) is 16.9. The number of pyridine rings is 1. The van der Waals surface area contributed by atoms with E-state index in [2.05, 4.69) is 19.9 Å². The predicted octanol–water partition coefficient (Wildman–Crippen LogP) is 3.30. The SMILES string of the molecule is O=C(O)c1cccc(C[C@@H]2CCN(Cc3cnc(-c4ccccn4)nc3)C2)c1. The Kier molecular flexibility index (Phi) is 5.39. The van der Waals surface area contributed by atoms with Crippen LogP contribution < -0.4 is 0 Å². The summed E-state index contributed by atoms with van der Waals surface area (Å²) in [4.78, 5) is 26.7. The van der Waals surface area contributed by atoms with Crippen molar-refractivity contribution in [1.29, 1.82) is 0 Å². The predicted molar refractivity (Wildman–Crippen MR) is 106 cm³/mol. The summed E-state index contributed by atoms with van der Waals surface area (Å²) in [7, 11) is 0. The van der Waals surface area contributed by atoms with Gasteiger partial charge in [-0.05, 0) is 55.1 Å². The number of rotatable bonds is 6. The molecule has 6 heteroatoms. The van der Waals surface area contributed by atoms with Crippen molar-refractivity contribution in [2.24, 2.45) is 5.92 Å². The van der Waals surface area contributed by atoms with E-state index in [-0.39, 0.29) is 0 Å². The van der Waals surface area contributed by atoms with Gasteiger partial charge < -0.3 is 5.11 Å². The maximum Gasteiger partial charge on any atom is 0.335 e. The summed E-state index contributed by atoms with van der Waals surface area (Å²) >= 11 is 0. The van der Waals surface area contributed by atoms with Crippen LogP contribution in [0.3, 0.4) is 0 Å². The molecule has 6 nitrogen and oxygen atoms in total. The Balaban J connectivity index is 1.33. The molecule has 1 saturated heterocycles. The molecule has 4 rings (SSSR count). The molecule has 0 spiro atoms. The molecule has 0 unspecified atom stereocenters. The van der Waals surface area contributed by atoms with E-state index in [4.69, 9.17) is 5.11 Å². The van der Waals surface area contributed by atoms with Crippen LogP contribution in [0.4, 0.5) is 0 Å². The molecule has 1 aromatic carbocycles. The van der Waals surface area contributed by atoms with Gasteiger partial charge in [-0.15, -0.1) is 0 Å². The van der Waals surface area contributed by atoms with Crippen molar-refractivity contribution in [1.82, 2.24) is 19.9 Å². The number of carboxylic acid groups (broad SMARTS) is 1. The van der Waals surface area contributed by atoms with E-state index in [9.17, 15) is 4.79 Å². The molecule has 0 bridgehead atoms. The first-order valence-corrected chi connectivity index (χ1v) is 9.44. The van der Waals surface area contributed by atoms with Crippen LogP contribution >= 0.6 is 0 Å². The van der Waals surface area contributed by atoms with Crippen molar-refractivity contribution in [3.8, 4) is 11.5 Å². The zero-order chi connectivity index (χ0) is 19.3. The first-order valence-electron chi connectivity index (χ1n) is 9.44. The van der Waals surface area contributed by atoms with E-state index in [0.29, 0.717) is 17.3 Å². The van der Waals surface area contributed by atoms with Crippen molar-refractivity contribution in [2.45, 2.75) is 19.4 Å². The minimum atomic E-state index is -0.871. The lowest BCUT2D eigenvalue weighted by atomic mass is 9.97. The Labute approximate surface area is 163 Å². The summed E-state index contributed by atoms with van der Waals surface area (Å²) in [5.74, 6) is 0.309. The van der Waals surface area contributed by atoms with Crippen molar-refractivity contribution in [3.05, 3.63) is 77.7 Å². The van der Waals surface area contributed by atoms with E-state index in [0.717, 1.165) is 49.3 Å². The molecule has 1 fully saturated rings. The van der Waals surface area contributed by atoms with Crippen LogP contribution in [0.5, 0.6) is 0 Å². The minimum Gasteiger partial charge on any atom is -0.478 e. The monoisotopic (exact) mass is 374 g/mol. The van der Waals surface area contributed by atoms with Crippen LogP contribution in [0.15, 0.2) is 61.1 Å². The number of carbonyl (C=O) groups is 1. The number of hydrogen-bond donors (Lipinski definition) is 1. The molecule has 2 aromatic heterocycles. The first kappa shape index (κ1) is 18.3. The summed E-state index contributed by atoms with van der Waals surface area (Å²) in [6.45, 7) is 2.86. The number of hydrogen-bond acceptors (Lipinski definition) is 5. The Morgan fingerprint density at radius 2 is 1.93 bits per heavy atom. The highest BCUT2D eigenvalue weighted by Gasteiger charge is 2.23. The highest BCUT2D eigenvalue weighted by molar-refractivity contribution is 5.87. The smallest absolute Gasteiger partial charge is 0.335 e. The topological polar surface area (TPSA) is 79.2 Å². The zero-order valence-electron chi connectivity index (χ0n) is 15.5. The van der Waals surface area contributed by atoms with E-state index >= 15 is 0 Å². The van der Waals surface area contributed by atoms with Gasteiger partial charge in [-0.2, -0.15) is 0 Å². The van der Waals surface area contributed by atoms with Gasteiger partial charge in [0.1, 0.15) is 5.69 Å². The molecule has 3 heterocycles. The number of aromatic carboxylic acids is 1. The molecule has 1 aliphatic heterocycles. The molecule has 1 aliphatic rings. The Hall–Kier alpha value is -3.12. The average molecular weight is 374 g/mol. The van der Waals surface area contributed by atoms with Crippen LogP contribution in [0, 0.1) is 5.92 Å². The van der Waals surface area contributed by atoms with Gasteiger partial charge in [-0.25, -0.2) is 14.8 Å². The molecule has 0 radical (unpaired) electrons. The summed E-state index contributed by atoms with van der Waals surface area (Å²) in [5, 5.41) is 9.14. The maximum atomic E-state index is 11.1. The van der Waals surface area contributed by atoms with E-state index in [1.54, 1.807) is 18.3 Å². The van der Waals surface area contributed by atoms with Crippen LogP contribution in [0.1, 0.15) is 27.9 Å². The number of aromatic nitrogens is 3. The van der Waals surface area contributed by atoms with Crippen LogP contribution in [0.2, 0.25) is 0 Å². The number of carboxylic acids is 1. The average Bonchev–Trinajstić information content (AvgIpc) is 3.16. The summed E-state index contributed by atoms with van der Waals surface area (Å²) in [5.41, 5.74) is 3.32. The highest BCUT2D eigenvalue weighted by Crippen LogP contribution is 2.23. The lowest BCUT2D eigenvalue weighted by molar-refractivity contribution is 0.0696. The zero-order valence-corrected chi connectivity index (χ0v) is 15.5. The third-order valence-corrected chi connectivity index (χ3v) is 5.07. The Morgan fingerprint density at radius 3 is 2.68 bits per heavy atom. The molecule has 142 valence electrons. The molecule has 28 heavy (non-hydrogen) atoms. The van der Waals surface area contributed by atoms with Crippen LogP contribution in [0.25, 0.3) is 11.5 Å². The third-order valence-electron chi connectivity index (χ3n) is 5.07. The Morgan fingerprint density at radius 1 is 1.07 bits per heavy atom. The summed E-state index contributed by atoms with van der Waals surface area (Å²) in [6.07, 6.45) is 7.52. The summed E-state index contributed by atoms with van der Waals surface area (Å²) < 4.78 is 0. The second kappa shape index (κ2) is 8.27. The number of nitrogens with zero attached hydrogens (tertiary/aromatic N) is 4. The number of likely N-dealkylation sites (tertiary alicyclic amines) is 1. The fraction of sp³-hybridized carbons (Fsp3) is 0.273. The quantitative estimate of drug-likeness (QED) is 0.713. The van der Waals surface area contributed by atoms with Gasteiger partial charge in [-0.1, -0.05) is 18.2 Å². The van der Waals surface area contributed by atoms with Crippen LogP contribution in [-0.4, -0.2) is 44.0 Å². The third kappa shape index (κ3) is 4.40. The second-order valence-electron chi connectivity index (χ2n) is 7.23. The van der Waals surface area contributed by atoms with Gasteiger partial charge in [0.2, 0.25) is 0 Å². The maximum absolute atomic E-state index is 11.1. The first-order chi connectivity index (χ1) is 13.7. The van der Waals surface area contributed by atoms with Gasteiger partial charge in [0.25, 0.3) is 0 Å². The van der Waals surface area contributed by atoms with Gasteiger partial charge in [0.15, 0.2) is 5.82 Å². The van der Waals surface area contributed by atoms with Gasteiger partial charge in [0, 0.05) is 37.2 Å². The van der Waals surface area contributed by atoms with Crippen LogP contribution in [-0.2, 0) is 13.0 Å². The molecule has 0 aliphatic carbocycles. The van der Waals surface area contributed by atoms with Crippen molar-refractivity contribution >= 4 is 5.97 Å². The molecule has 1 atom stereocenters. The molecule has 0 saturated carbocycles. The molecule has 1 N–H and O–H groups in total. The minimum absolute atomic E-state index is 0.359. The highest BCUT2D eigenvalue weighted by atomic mass is 16.4. The fourth-order valence-electron chi connectivity index (χ4n) is 3.71. The van der Waals surface area contributed by atoms with Gasteiger partial charge in [0.05, 0.1) is 5.56 Å². The van der Waals surface area contributed by atoms with Crippen molar-refractivity contribution < 1.29 is 9.90 Å². The molecule has 0 amide bonds. The van der Waals surface area contributed by atoms with Gasteiger partial charge in [-0.3, -0.25) is 9.88 Å². The standard InChI is InChI=1S/C22H22N4O2/c27-22(28)19-5-3-4-16(11-19)10-17-7-9-26(14-17)15-18-12-24-21(25-13-18)20-6-1-2-8-23-20/h1-6,8,11-13,17H,7,9-10,14-15H2,(H,27,28)/t17-/m0/s1. The largest absolute Gasteiger partial charge is 0.478 e. The van der Waals surface area contributed by atoms with E-state index in [1.807, 2.05) is 42.7 Å². The van der Waals surface area contributed by atoms with E-state index < -0.39 is 5.97 Å². The molecular weight excluding hydrogens is 352 g/mol. The summed E-state index contributed by atoms with van der Waals surface area (Å²) in [6, 6.07) is 13.0. The lowest BCUT2D eigenvalue weighted by Gasteiger charge is -2.16. The van der Waals surface area contributed by atoms with Crippen molar-refractivity contribution in [3.63, 3.8) is 0 Å². The van der Waals surface area contributed by atoms with Crippen molar-refractivity contribution in [2.75, 3.05) is 13.1 Å². The lowest BCUT2D eigenvalue weighted by Crippen LogP contribution is -2.21. The van der Waals surface area contributed by atoms with E-state index in [1.165, 1.54) is 0 Å². The fourth-order valence-corrected chi connectivity index (χ4v) is 3.71. The molecule has 3 aromatic rings. The number of benzene rings is 1.